The maximum absolute atomic E-state index is 13.1. The summed E-state index contributed by atoms with van der Waals surface area (Å²) < 4.78 is 18.5. The Hall–Kier alpha value is -4.09. The molecule has 4 aliphatic rings. The van der Waals surface area contributed by atoms with Crippen molar-refractivity contribution >= 4 is 17.9 Å². The Kier molecular flexibility index (Phi) is 10.0. The second-order valence-electron chi connectivity index (χ2n) is 16.0. The van der Waals surface area contributed by atoms with Crippen molar-refractivity contribution in [3.05, 3.63) is 107 Å². The summed E-state index contributed by atoms with van der Waals surface area (Å²) in [5.41, 5.74) is 5.02. The predicted octanol–water partition coefficient (Wildman–Crippen LogP) is 6.18. The molecule has 0 aromatic heterocycles. The third-order valence-electron chi connectivity index (χ3n) is 10.9. The van der Waals surface area contributed by atoms with E-state index in [0.717, 1.165) is 47.3 Å². The largest absolute Gasteiger partial charge is 0.445 e. The molecule has 6 unspecified atom stereocenters. The van der Waals surface area contributed by atoms with Crippen molar-refractivity contribution in [1.82, 2.24) is 15.1 Å². The molecule has 3 heterocycles. The van der Waals surface area contributed by atoms with Gasteiger partial charge in [0.2, 0.25) is 5.91 Å². The number of amides is 3. The number of hydrogen-bond donors (Lipinski definition) is 2. The monoisotopic (exact) mass is 695 g/mol. The van der Waals surface area contributed by atoms with Gasteiger partial charge in [-0.25, -0.2) is 4.79 Å². The zero-order chi connectivity index (χ0) is 35.8. The molecule has 0 spiro atoms. The number of rotatable bonds is 10. The first kappa shape index (κ1) is 35.3. The summed E-state index contributed by atoms with van der Waals surface area (Å²) in [6.07, 6.45) is 2.72. The molecule has 7 rings (SSSR count). The number of benzene rings is 3. The van der Waals surface area contributed by atoms with Gasteiger partial charge in [-0.15, -0.1) is 0 Å². The van der Waals surface area contributed by atoms with Crippen molar-refractivity contribution < 1.29 is 33.7 Å². The third-order valence-corrected chi connectivity index (χ3v) is 10.9. The highest BCUT2D eigenvalue weighted by atomic mass is 16.7. The second-order valence-corrected chi connectivity index (χ2v) is 16.0. The van der Waals surface area contributed by atoms with E-state index < -0.39 is 24.3 Å². The second kappa shape index (κ2) is 14.5. The standard InChI is InChI=1S/C41H49N3O7/c1-40(2)19-32-20-41(3,25-40)26-43(32)22-33-17-35(30-13-11-28(23-45)12-14-30)51-38(50-33)31-15-9-27(10-16-31)21-44-36(46)18-34(37(44)47)42-39(48)49-24-29-7-5-4-6-8-29/h4-16,32-35,38,45H,17-26H2,1-3H3,(H,42,48). The fourth-order valence-electron chi connectivity index (χ4n) is 8.92. The Bertz CT molecular complexity index is 1710. The number of nitrogens with zero attached hydrogens (tertiary/aromatic N) is 2. The molecular formula is C41H49N3O7. The zero-order valence-corrected chi connectivity index (χ0v) is 29.8. The average molecular weight is 696 g/mol. The van der Waals surface area contributed by atoms with Crippen LogP contribution in [0.4, 0.5) is 4.79 Å². The molecule has 270 valence electrons. The highest BCUT2D eigenvalue weighted by Crippen LogP contribution is 2.53. The average Bonchev–Trinajstić information content (AvgIpc) is 3.51. The zero-order valence-electron chi connectivity index (χ0n) is 29.8. The lowest BCUT2D eigenvalue weighted by Crippen LogP contribution is -2.42. The first-order valence-corrected chi connectivity index (χ1v) is 18.1. The van der Waals surface area contributed by atoms with Gasteiger partial charge in [-0.2, -0.15) is 0 Å². The number of imide groups is 1. The smallest absolute Gasteiger partial charge is 0.408 e. The van der Waals surface area contributed by atoms with Crippen molar-refractivity contribution in [3.63, 3.8) is 0 Å². The van der Waals surface area contributed by atoms with Crippen molar-refractivity contribution in [2.75, 3.05) is 13.1 Å². The van der Waals surface area contributed by atoms with E-state index in [-0.39, 0.29) is 44.3 Å². The number of aliphatic hydroxyl groups is 1. The quantitative estimate of drug-likeness (QED) is 0.242. The van der Waals surface area contributed by atoms with Gasteiger partial charge in [0.1, 0.15) is 12.6 Å². The molecule has 3 aromatic carbocycles. The number of carbonyl (C=O) groups is 3. The van der Waals surface area contributed by atoms with Gasteiger partial charge < -0.3 is 24.6 Å². The number of aliphatic hydroxyl groups excluding tert-OH is 1. The van der Waals surface area contributed by atoms with Crippen LogP contribution in [0.2, 0.25) is 0 Å². The molecule has 3 saturated heterocycles. The molecule has 1 aliphatic carbocycles. The first-order valence-electron chi connectivity index (χ1n) is 18.1. The number of alkyl carbamates (subject to hydrolysis) is 1. The summed E-state index contributed by atoms with van der Waals surface area (Å²) >= 11 is 0. The van der Waals surface area contributed by atoms with Crippen LogP contribution >= 0.6 is 0 Å². The van der Waals surface area contributed by atoms with Crippen LogP contribution in [0.3, 0.4) is 0 Å². The van der Waals surface area contributed by atoms with Crippen LogP contribution in [-0.2, 0) is 43.6 Å². The van der Waals surface area contributed by atoms with Gasteiger partial charge in [-0.05, 0) is 52.3 Å². The van der Waals surface area contributed by atoms with E-state index in [2.05, 4.69) is 31.0 Å². The first-order chi connectivity index (χ1) is 24.5. The number of likely N-dealkylation sites (tertiary alicyclic amines) is 2. The van der Waals surface area contributed by atoms with Crippen LogP contribution in [0.25, 0.3) is 0 Å². The van der Waals surface area contributed by atoms with Crippen LogP contribution < -0.4 is 5.32 Å². The Morgan fingerprint density at radius 3 is 2.33 bits per heavy atom. The molecule has 6 atom stereocenters. The van der Waals surface area contributed by atoms with Crippen molar-refractivity contribution in [3.8, 4) is 0 Å². The predicted molar refractivity (Wildman–Crippen MR) is 190 cm³/mol. The molecule has 0 radical (unpaired) electrons. The van der Waals surface area contributed by atoms with Gasteiger partial charge in [0.05, 0.1) is 31.8 Å². The summed E-state index contributed by atoms with van der Waals surface area (Å²) in [7, 11) is 0. The number of fused-ring (bicyclic) bond motifs is 2. The summed E-state index contributed by atoms with van der Waals surface area (Å²) in [5, 5.41) is 12.1. The van der Waals surface area contributed by atoms with Crippen molar-refractivity contribution in [1.29, 1.82) is 0 Å². The van der Waals surface area contributed by atoms with Crippen LogP contribution in [0.5, 0.6) is 0 Å². The van der Waals surface area contributed by atoms with E-state index in [1.807, 2.05) is 78.9 Å². The van der Waals surface area contributed by atoms with E-state index in [1.165, 1.54) is 24.2 Å². The minimum Gasteiger partial charge on any atom is -0.445 e. The number of ether oxygens (including phenoxy) is 3. The summed E-state index contributed by atoms with van der Waals surface area (Å²) in [6.45, 7) is 9.30. The fraction of sp³-hybridized carbons (Fsp3) is 0.488. The van der Waals surface area contributed by atoms with Crippen molar-refractivity contribution in [2.24, 2.45) is 10.8 Å². The van der Waals surface area contributed by atoms with Gasteiger partial charge in [0, 0.05) is 31.1 Å². The Morgan fingerprint density at radius 1 is 0.902 bits per heavy atom. The lowest BCUT2D eigenvalue weighted by molar-refractivity contribution is -0.253. The van der Waals surface area contributed by atoms with E-state index in [4.69, 9.17) is 14.2 Å². The molecule has 51 heavy (non-hydrogen) atoms. The minimum atomic E-state index is -0.965. The Morgan fingerprint density at radius 2 is 1.61 bits per heavy atom. The fourth-order valence-corrected chi connectivity index (χ4v) is 8.92. The summed E-state index contributed by atoms with van der Waals surface area (Å²) in [4.78, 5) is 42.2. The van der Waals surface area contributed by atoms with Gasteiger partial charge in [-0.3, -0.25) is 19.4 Å². The van der Waals surface area contributed by atoms with Crippen molar-refractivity contribution in [2.45, 2.75) is 103 Å². The van der Waals surface area contributed by atoms with E-state index in [9.17, 15) is 19.5 Å². The topological polar surface area (TPSA) is 118 Å². The van der Waals surface area contributed by atoms with Gasteiger partial charge in [-0.1, -0.05) is 99.6 Å². The molecule has 3 amide bonds. The maximum atomic E-state index is 13.1. The lowest BCUT2D eigenvalue weighted by Gasteiger charge is -2.41. The Labute approximate surface area is 300 Å². The third kappa shape index (κ3) is 8.20. The molecule has 2 bridgehead atoms. The van der Waals surface area contributed by atoms with Crippen LogP contribution in [0.15, 0.2) is 78.9 Å². The number of nitrogens with one attached hydrogen (secondary N) is 1. The van der Waals surface area contributed by atoms with Crippen LogP contribution in [-0.4, -0.2) is 64.1 Å². The highest BCUT2D eigenvalue weighted by molar-refractivity contribution is 6.06. The molecule has 3 aromatic rings. The molecule has 1 saturated carbocycles. The number of hydrogen-bond acceptors (Lipinski definition) is 8. The SMILES string of the molecule is CC1(C)CC2CC(C)(CN2CC2CC(c3ccc(CO)cc3)OC(c3ccc(CN4C(=O)CC(NC(=O)OCc5ccccc5)C4=O)cc3)O2)C1. The molecule has 10 heteroatoms. The van der Waals surface area contributed by atoms with E-state index in [1.54, 1.807) is 0 Å². The normalized spacial score (nSPS) is 28.9. The van der Waals surface area contributed by atoms with Gasteiger partial charge >= 0.3 is 6.09 Å². The maximum Gasteiger partial charge on any atom is 0.408 e. The van der Waals surface area contributed by atoms with E-state index in [0.29, 0.717) is 16.9 Å². The Balaban J connectivity index is 1.00. The summed E-state index contributed by atoms with van der Waals surface area (Å²) in [5.74, 6) is -0.806. The highest BCUT2D eigenvalue weighted by Gasteiger charge is 2.50. The molecule has 2 N–H and O–H groups in total. The lowest BCUT2D eigenvalue weighted by atomic mass is 9.65. The van der Waals surface area contributed by atoms with Crippen LogP contribution in [0, 0.1) is 10.8 Å². The molecule has 4 fully saturated rings. The van der Waals surface area contributed by atoms with E-state index >= 15 is 0 Å². The molecule has 10 nitrogen and oxygen atoms in total. The van der Waals surface area contributed by atoms with Crippen LogP contribution in [0.1, 0.15) is 93.1 Å². The summed E-state index contributed by atoms with van der Waals surface area (Å²) in [6, 6.07) is 24.4. The van der Waals surface area contributed by atoms with Gasteiger partial charge in [0.25, 0.3) is 5.91 Å². The number of carbonyl (C=O) groups excluding carboxylic acids is 3. The molecular weight excluding hydrogens is 646 g/mol. The minimum absolute atomic E-state index is 0.00886. The van der Waals surface area contributed by atoms with Gasteiger partial charge in [0.15, 0.2) is 6.29 Å². The molecule has 3 aliphatic heterocycles.